The second-order valence-corrected chi connectivity index (χ2v) is 5.93. The first-order valence-corrected chi connectivity index (χ1v) is 7.56. The van der Waals surface area contributed by atoms with Gasteiger partial charge in [0.05, 0.1) is 23.9 Å². The number of methoxy groups -OCH3 is 1. The van der Waals surface area contributed by atoms with Gasteiger partial charge in [-0.05, 0) is 42.8 Å². The number of nitrogens with one attached hydrogen (secondary N) is 2. The fourth-order valence-corrected chi connectivity index (χ4v) is 3.88. The molecule has 0 spiro atoms. The molecule has 0 bridgehead atoms. The molecule has 3 nitrogen and oxygen atoms in total. The summed E-state index contributed by atoms with van der Waals surface area (Å²) in [5.74, 6) is 1.70. The van der Waals surface area contributed by atoms with Gasteiger partial charge < -0.3 is 10.1 Å². The molecule has 1 aromatic carbocycles. The molecule has 2 aliphatic rings. The summed E-state index contributed by atoms with van der Waals surface area (Å²) in [6, 6.07) is 6.20. The van der Waals surface area contributed by atoms with Crippen molar-refractivity contribution in [1.82, 2.24) is 4.72 Å². The van der Waals surface area contributed by atoms with E-state index in [1.807, 2.05) is 6.07 Å². The van der Waals surface area contributed by atoms with Crippen LogP contribution in [0.25, 0.3) is 0 Å². The first-order chi connectivity index (χ1) is 8.88. The summed E-state index contributed by atoms with van der Waals surface area (Å²) < 4.78 is 8.94. The number of hydrogen-bond donors (Lipinski definition) is 2. The topological polar surface area (TPSA) is 33.3 Å². The van der Waals surface area contributed by atoms with E-state index in [-0.39, 0.29) is 0 Å². The van der Waals surface area contributed by atoms with Crippen LogP contribution in [0.15, 0.2) is 23.1 Å². The van der Waals surface area contributed by atoms with Crippen LogP contribution in [-0.2, 0) is 0 Å². The summed E-state index contributed by atoms with van der Waals surface area (Å²) in [5, 5.41) is 3.63. The van der Waals surface area contributed by atoms with E-state index in [9.17, 15) is 0 Å². The Morgan fingerprint density at radius 2 is 2.06 bits per heavy atom. The van der Waals surface area contributed by atoms with Crippen LogP contribution in [0.4, 0.5) is 5.69 Å². The minimum atomic E-state index is 0.398. The Hall–Kier alpha value is -0.870. The SMILES string of the molecule is COc1cccc2c1SNC(C1CCCCC1)N2. The molecule has 1 aliphatic heterocycles. The molecular formula is C14H20N2OS. The molecule has 1 atom stereocenters. The van der Waals surface area contributed by atoms with E-state index in [1.54, 1.807) is 19.1 Å². The molecule has 0 aromatic heterocycles. The van der Waals surface area contributed by atoms with Gasteiger partial charge >= 0.3 is 0 Å². The Bertz CT molecular complexity index is 418. The van der Waals surface area contributed by atoms with Crippen molar-refractivity contribution in [2.75, 3.05) is 12.4 Å². The molecular weight excluding hydrogens is 244 g/mol. The van der Waals surface area contributed by atoms with Crippen LogP contribution in [0.2, 0.25) is 0 Å². The molecule has 18 heavy (non-hydrogen) atoms. The van der Waals surface area contributed by atoms with Gasteiger partial charge in [0, 0.05) is 0 Å². The normalized spacial score (nSPS) is 24.2. The van der Waals surface area contributed by atoms with E-state index in [0.717, 1.165) is 11.7 Å². The van der Waals surface area contributed by atoms with Crippen LogP contribution in [0.3, 0.4) is 0 Å². The van der Waals surface area contributed by atoms with Gasteiger partial charge in [0.15, 0.2) is 0 Å². The lowest BCUT2D eigenvalue weighted by molar-refractivity contribution is 0.310. The minimum Gasteiger partial charge on any atom is -0.495 e. The monoisotopic (exact) mass is 264 g/mol. The van der Waals surface area contributed by atoms with Crippen LogP contribution >= 0.6 is 11.9 Å². The highest BCUT2D eigenvalue weighted by Crippen LogP contribution is 2.40. The molecule has 0 radical (unpaired) electrons. The summed E-state index contributed by atoms with van der Waals surface area (Å²) in [6.07, 6.45) is 7.23. The molecule has 1 aromatic rings. The Morgan fingerprint density at radius 1 is 1.22 bits per heavy atom. The third kappa shape index (κ3) is 2.31. The molecule has 4 heteroatoms. The van der Waals surface area contributed by atoms with Gasteiger partial charge in [0.25, 0.3) is 0 Å². The molecule has 98 valence electrons. The minimum absolute atomic E-state index is 0.398. The Labute approximate surface area is 113 Å². The zero-order chi connectivity index (χ0) is 12.4. The lowest BCUT2D eigenvalue weighted by Gasteiger charge is -2.35. The van der Waals surface area contributed by atoms with Gasteiger partial charge in [-0.1, -0.05) is 25.3 Å². The molecule has 0 saturated heterocycles. The summed E-state index contributed by atoms with van der Waals surface area (Å²) in [5.41, 5.74) is 1.20. The molecule has 2 N–H and O–H groups in total. The lowest BCUT2D eigenvalue weighted by atomic mass is 9.87. The standard InChI is InChI=1S/C14H20N2OS/c1-17-12-9-5-8-11-13(12)18-16-14(15-11)10-6-3-2-4-7-10/h5,8-10,14-16H,2-4,6-7H2,1H3. The van der Waals surface area contributed by atoms with E-state index in [4.69, 9.17) is 4.74 Å². The number of benzene rings is 1. The summed E-state index contributed by atoms with van der Waals surface area (Å²) in [4.78, 5) is 1.17. The molecule has 1 heterocycles. The van der Waals surface area contributed by atoms with Gasteiger partial charge in [-0.15, -0.1) is 0 Å². The van der Waals surface area contributed by atoms with Crippen molar-refractivity contribution < 1.29 is 4.74 Å². The highest BCUT2D eigenvalue weighted by molar-refractivity contribution is 7.97. The lowest BCUT2D eigenvalue weighted by Crippen LogP contribution is -2.42. The van der Waals surface area contributed by atoms with Crippen LogP contribution in [0.1, 0.15) is 32.1 Å². The molecule has 1 fully saturated rings. The number of fused-ring (bicyclic) bond motifs is 1. The van der Waals surface area contributed by atoms with Crippen LogP contribution < -0.4 is 14.8 Å². The highest BCUT2D eigenvalue weighted by atomic mass is 32.2. The number of hydrogen-bond acceptors (Lipinski definition) is 4. The van der Waals surface area contributed by atoms with Gasteiger partial charge in [-0.25, -0.2) is 4.72 Å². The van der Waals surface area contributed by atoms with Gasteiger partial charge in [0.2, 0.25) is 0 Å². The van der Waals surface area contributed by atoms with Gasteiger partial charge in [0.1, 0.15) is 5.75 Å². The van der Waals surface area contributed by atoms with Gasteiger partial charge in [-0.3, -0.25) is 0 Å². The van der Waals surface area contributed by atoms with E-state index >= 15 is 0 Å². The molecule has 1 unspecified atom stereocenters. The fraction of sp³-hybridized carbons (Fsp3) is 0.571. The molecule has 1 aliphatic carbocycles. The maximum Gasteiger partial charge on any atom is 0.135 e. The predicted molar refractivity (Wildman–Crippen MR) is 76.0 cm³/mol. The van der Waals surface area contributed by atoms with Crippen molar-refractivity contribution in [3.63, 3.8) is 0 Å². The number of rotatable bonds is 2. The van der Waals surface area contributed by atoms with Crippen molar-refractivity contribution in [1.29, 1.82) is 0 Å². The van der Waals surface area contributed by atoms with Crippen LogP contribution in [-0.4, -0.2) is 13.3 Å². The summed E-state index contributed by atoms with van der Waals surface area (Å²) in [6.45, 7) is 0. The number of anilines is 1. The Kier molecular flexibility index (Phi) is 3.66. The highest BCUT2D eigenvalue weighted by Gasteiger charge is 2.28. The van der Waals surface area contributed by atoms with E-state index in [0.29, 0.717) is 6.17 Å². The second-order valence-electron chi connectivity index (χ2n) is 5.08. The predicted octanol–water partition coefficient (Wildman–Crippen LogP) is 3.62. The van der Waals surface area contributed by atoms with E-state index in [1.165, 1.54) is 42.7 Å². The van der Waals surface area contributed by atoms with Crippen molar-refractivity contribution in [2.24, 2.45) is 5.92 Å². The molecule has 1 saturated carbocycles. The van der Waals surface area contributed by atoms with Crippen molar-refractivity contribution in [3.8, 4) is 5.75 Å². The first kappa shape index (κ1) is 12.2. The first-order valence-electron chi connectivity index (χ1n) is 6.74. The van der Waals surface area contributed by atoms with Crippen molar-refractivity contribution in [3.05, 3.63) is 18.2 Å². The average molecular weight is 264 g/mol. The Morgan fingerprint density at radius 3 is 2.83 bits per heavy atom. The van der Waals surface area contributed by atoms with E-state index in [2.05, 4.69) is 22.2 Å². The van der Waals surface area contributed by atoms with Crippen molar-refractivity contribution in [2.45, 2.75) is 43.2 Å². The third-order valence-corrected chi connectivity index (χ3v) is 4.92. The summed E-state index contributed by atoms with van der Waals surface area (Å²) >= 11 is 1.70. The smallest absolute Gasteiger partial charge is 0.135 e. The zero-order valence-corrected chi connectivity index (χ0v) is 11.6. The van der Waals surface area contributed by atoms with Crippen LogP contribution in [0.5, 0.6) is 5.75 Å². The number of ether oxygens (including phenoxy) is 1. The maximum absolute atomic E-state index is 5.39. The largest absolute Gasteiger partial charge is 0.495 e. The quantitative estimate of drug-likeness (QED) is 0.799. The molecule has 0 amide bonds. The Balaban J connectivity index is 1.76. The molecule has 3 rings (SSSR count). The van der Waals surface area contributed by atoms with Crippen molar-refractivity contribution >= 4 is 17.6 Å². The second kappa shape index (κ2) is 5.41. The van der Waals surface area contributed by atoms with Gasteiger partial charge in [-0.2, -0.15) is 0 Å². The van der Waals surface area contributed by atoms with Crippen LogP contribution in [0, 0.1) is 5.92 Å². The average Bonchev–Trinajstić information content (AvgIpc) is 2.47. The maximum atomic E-state index is 5.39. The van der Waals surface area contributed by atoms with E-state index < -0.39 is 0 Å². The summed E-state index contributed by atoms with van der Waals surface area (Å²) in [7, 11) is 1.73. The zero-order valence-electron chi connectivity index (χ0n) is 10.7. The fourth-order valence-electron chi connectivity index (χ4n) is 2.90. The third-order valence-electron chi connectivity index (χ3n) is 3.92.